The van der Waals surface area contributed by atoms with Crippen molar-refractivity contribution >= 4 is 29.0 Å². The van der Waals surface area contributed by atoms with Crippen LogP contribution < -0.4 is 5.32 Å². The number of rotatable bonds is 6. The van der Waals surface area contributed by atoms with Crippen LogP contribution in [-0.4, -0.2) is 44.6 Å². The number of thiophene rings is 1. The minimum Gasteiger partial charge on any atom is -0.338 e. The lowest BCUT2D eigenvalue weighted by Gasteiger charge is -2.32. The Morgan fingerprint density at radius 3 is 2.74 bits per heavy atom. The topological polar surface area (TPSA) is 80.1 Å². The molecule has 178 valence electrons. The van der Waals surface area contributed by atoms with Gasteiger partial charge in [-0.2, -0.15) is 5.10 Å². The number of piperidine rings is 1. The molecule has 1 atom stereocenters. The Labute approximate surface area is 208 Å². The van der Waals surface area contributed by atoms with Crippen LogP contribution in [0.25, 0.3) is 10.6 Å². The van der Waals surface area contributed by atoms with Crippen molar-refractivity contribution in [3.05, 3.63) is 89.1 Å². The first-order valence-electron chi connectivity index (χ1n) is 11.8. The quantitative estimate of drug-likeness (QED) is 0.423. The van der Waals surface area contributed by atoms with Gasteiger partial charge < -0.3 is 10.2 Å². The van der Waals surface area contributed by atoms with Gasteiger partial charge >= 0.3 is 0 Å². The smallest absolute Gasteiger partial charge is 0.257 e. The molecule has 1 fully saturated rings. The largest absolute Gasteiger partial charge is 0.338 e. The number of likely N-dealkylation sites (tertiary alicyclic amines) is 1. The predicted molar refractivity (Wildman–Crippen MR) is 137 cm³/mol. The minimum atomic E-state index is -0.279. The fourth-order valence-corrected chi connectivity index (χ4v) is 5.13. The molecule has 0 radical (unpaired) electrons. The zero-order valence-corrected chi connectivity index (χ0v) is 20.4. The van der Waals surface area contributed by atoms with E-state index in [0.29, 0.717) is 36.7 Å². The third-order valence-electron chi connectivity index (χ3n) is 6.26. The number of aromatic nitrogens is 3. The van der Waals surface area contributed by atoms with Gasteiger partial charge in [0.05, 0.1) is 22.9 Å². The van der Waals surface area contributed by atoms with E-state index in [1.54, 1.807) is 22.4 Å². The minimum absolute atomic E-state index is 0.0840. The molecule has 8 heteroatoms. The van der Waals surface area contributed by atoms with Gasteiger partial charge in [0, 0.05) is 25.5 Å². The molecule has 2 amide bonds. The fraction of sp³-hybridized carbons (Fsp3) is 0.259. The van der Waals surface area contributed by atoms with E-state index < -0.39 is 0 Å². The molecule has 1 unspecified atom stereocenters. The molecule has 0 aliphatic carbocycles. The third kappa shape index (κ3) is 5.17. The number of hydrogen-bond acceptors (Lipinski definition) is 5. The van der Waals surface area contributed by atoms with Crippen LogP contribution in [0.15, 0.2) is 72.4 Å². The molecule has 0 spiro atoms. The van der Waals surface area contributed by atoms with Gasteiger partial charge in [0.1, 0.15) is 11.5 Å². The second-order valence-electron chi connectivity index (χ2n) is 8.80. The summed E-state index contributed by atoms with van der Waals surface area (Å²) in [5.41, 5.74) is 3.30. The fourth-order valence-electron chi connectivity index (χ4n) is 4.41. The van der Waals surface area contributed by atoms with Crippen molar-refractivity contribution < 1.29 is 9.59 Å². The van der Waals surface area contributed by atoms with E-state index in [1.165, 1.54) is 0 Å². The van der Waals surface area contributed by atoms with E-state index in [0.717, 1.165) is 28.8 Å². The van der Waals surface area contributed by atoms with Crippen molar-refractivity contribution in [1.29, 1.82) is 0 Å². The second kappa shape index (κ2) is 10.2. The van der Waals surface area contributed by atoms with Crippen LogP contribution in [0.1, 0.15) is 34.3 Å². The van der Waals surface area contributed by atoms with E-state index in [1.807, 2.05) is 77.8 Å². The Kier molecular flexibility index (Phi) is 6.72. The van der Waals surface area contributed by atoms with Crippen LogP contribution in [0.5, 0.6) is 0 Å². The SMILES string of the molecule is Cc1cccnc1NC(=O)C1CCCN(C(=O)c2cn(Cc3ccccc3)nc2-c2cccs2)C1. The van der Waals surface area contributed by atoms with Crippen LogP contribution in [0.4, 0.5) is 5.82 Å². The molecular weight excluding hydrogens is 458 g/mol. The maximum atomic E-state index is 13.7. The van der Waals surface area contributed by atoms with Crippen molar-refractivity contribution in [3.8, 4) is 10.6 Å². The molecule has 35 heavy (non-hydrogen) atoms. The van der Waals surface area contributed by atoms with Crippen molar-refractivity contribution in [2.75, 3.05) is 18.4 Å². The number of hydrogen-bond donors (Lipinski definition) is 1. The molecule has 1 aliphatic heterocycles. The molecular formula is C27H27N5O2S. The van der Waals surface area contributed by atoms with E-state index in [4.69, 9.17) is 5.10 Å². The molecule has 3 aromatic heterocycles. The molecule has 1 aliphatic rings. The highest BCUT2D eigenvalue weighted by Gasteiger charge is 2.31. The summed E-state index contributed by atoms with van der Waals surface area (Å²) >= 11 is 1.56. The summed E-state index contributed by atoms with van der Waals surface area (Å²) < 4.78 is 1.83. The first-order chi connectivity index (χ1) is 17.1. The number of pyridine rings is 1. The van der Waals surface area contributed by atoms with Crippen molar-refractivity contribution in [1.82, 2.24) is 19.7 Å². The van der Waals surface area contributed by atoms with Gasteiger partial charge in [0.15, 0.2) is 0 Å². The number of anilines is 1. The summed E-state index contributed by atoms with van der Waals surface area (Å²) in [6.45, 7) is 3.50. The number of carbonyl (C=O) groups excluding carboxylic acids is 2. The van der Waals surface area contributed by atoms with Gasteiger partial charge in [-0.05, 0) is 48.4 Å². The number of nitrogens with zero attached hydrogens (tertiary/aromatic N) is 4. The number of benzene rings is 1. The average Bonchev–Trinajstić information content (AvgIpc) is 3.56. The molecule has 0 saturated carbocycles. The Morgan fingerprint density at radius 2 is 1.97 bits per heavy atom. The van der Waals surface area contributed by atoms with Crippen LogP contribution in [0.3, 0.4) is 0 Å². The lowest BCUT2D eigenvalue weighted by molar-refractivity contribution is -0.121. The Morgan fingerprint density at radius 1 is 1.11 bits per heavy atom. The highest BCUT2D eigenvalue weighted by atomic mass is 32.1. The van der Waals surface area contributed by atoms with E-state index in [2.05, 4.69) is 10.3 Å². The number of aryl methyl sites for hydroxylation is 1. The zero-order valence-electron chi connectivity index (χ0n) is 19.6. The van der Waals surface area contributed by atoms with Gasteiger partial charge in [0.25, 0.3) is 5.91 Å². The summed E-state index contributed by atoms with van der Waals surface area (Å²) in [6.07, 6.45) is 5.02. The average molecular weight is 486 g/mol. The van der Waals surface area contributed by atoms with Crippen LogP contribution in [0.2, 0.25) is 0 Å². The second-order valence-corrected chi connectivity index (χ2v) is 9.75. The standard InChI is InChI=1S/C27H27N5O2S/c1-19-8-5-13-28-25(19)29-26(33)21-11-6-14-31(17-21)27(34)22-18-32(16-20-9-3-2-4-10-20)30-24(22)23-12-7-15-35-23/h2-5,7-10,12-13,15,18,21H,6,11,14,16-17H2,1H3,(H,28,29,33). The Hall–Kier alpha value is -3.78. The van der Waals surface area contributed by atoms with E-state index >= 15 is 0 Å². The third-order valence-corrected chi connectivity index (χ3v) is 7.14. The molecule has 5 rings (SSSR count). The van der Waals surface area contributed by atoms with Crippen molar-refractivity contribution in [3.63, 3.8) is 0 Å². The van der Waals surface area contributed by atoms with E-state index in [-0.39, 0.29) is 17.7 Å². The number of carbonyl (C=O) groups is 2. The Balaban J connectivity index is 1.36. The first-order valence-corrected chi connectivity index (χ1v) is 12.6. The monoisotopic (exact) mass is 485 g/mol. The lowest BCUT2D eigenvalue weighted by atomic mass is 9.96. The predicted octanol–water partition coefficient (Wildman–Crippen LogP) is 4.85. The molecule has 4 heterocycles. The molecule has 7 nitrogen and oxygen atoms in total. The number of nitrogens with one attached hydrogen (secondary N) is 1. The summed E-state index contributed by atoms with van der Waals surface area (Å²) in [4.78, 5) is 33.7. The van der Waals surface area contributed by atoms with Crippen LogP contribution in [-0.2, 0) is 11.3 Å². The summed E-state index contributed by atoms with van der Waals surface area (Å²) in [6, 6.07) is 17.8. The Bertz CT molecular complexity index is 1320. The van der Waals surface area contributed by atoms with Gasteiger partial charge in [-0.1, -0.05) is 42.5 Å². The highest BCUT2D eigenvalue weighted by Crippen LogP contribution is 2.29. The maximum absolute atomic E-state index is 13.7. The van der Waals surface area contributed by atoms with Crippen LogP contribution >= 0.6 is 11.3 Å². The van der Waals surface area contributed by atoms with Gasteiger partial charge in [-0.3, -0.25) is 14.3 Å². The number of amides is 2. The summed E-state index contributed by atoms with van der Waals surface area (Å²) in [5.74, 6) is 0.114. The lowest BCUT2D eigenvalue weighted by Crippen LogP contribution is -2.44. The zero-order chi connectivity index (χ0) is 24.2. The normalized spacial score (nSPS) is 15.7. The molecule has 1 N–H and O–H groups in total. The van der Waals surface area contributed by atoms with Gasteiger partial charge in [-0.15, -0.1) is 11.3 Å². The van der Waals surface area contributed by atoms with Crippen molar-refractivity contribution in [2.45, 2.75) is 26.3 Å². The van der Waals surface area contributed by atoms with Gasteiger partial charge in [-0.25, -0.2) is 4.98 Å². The summed E-state index contributed by atoms with van der Waals surface area (Å²) in [7, 11) is 0. The molecule has 1 aromatic carbocycles. The van der Waals surface area contributed by atoms with Crippen molar-refractivity contribution in [2.24, 2.45) is 5.92 Å². The van der Waals surface area contributed by atoms with Crippen LogP contribution in [0, 0.1) is 12.8 Å². The first kappa shape index (κ1) is 23.0. The molecule has 4 aromatic rings. The molecule has 1 saturated heterocycles. The highest BCUT2D eigenvalue weighted by molar-refractivity contribution is 7.13. The molecule has 0 bridgehead atoms. The van der Waals surface area contributed by atoms with Gasteiger partial charge in [0.2, 0.25) is 5.91 Å². The maximum Gasteiger partial charge on any atom is 0.257 e. The van der Waals surface area contributed by atoms with E-state index in [9.17, 15) is 9.59 Å². The summed E-state index contributed by atoms with van der Waals surface area (Å²) in [5, 5.41) is 9.70.